The summed E-state index contributed by atoms with van der Waals surface area (Å²) in [6, 6.07) is -0.547. The van der Waals surface area contributed by atoms with Gasteiger partial charge in [0, 0.05) is 12.8 Å². The lowest BCUT2D eigenvalue weighted by molar-refractivity contribution is -0.143. The number of rotatable bonds is 61. The summed E-state index contributed by atoms with van der Waals surface area (Å²) < 4.78 is 5.47. The van der Waals surface area contributed by atoms with E-state index in [1.807, 2.05) is 0 Å². The monoisotopic (exact) mass is 1000 g/mol. The van der Waals surface area contributed by atoms with E-state index < -0.39 is 12.1 Å². The van der Waals surface area contributed by atoms with Crippen molar-refractivity contribution in [2.45, 2.75) is 379 Å². The third kappa shape index (κ3) is 57.7. The maximum Gasteiger partial charge on any atom is 0.305 e. The van der Waals surface area contributed by atoms with Crippen LogP contribution in [0.1, 0.15) is 367 Å². The maximum atomic E-state index is 12.5. The molecule has 0 spiro atoms. The third-order valence-corrected chi connectivity index (χ3v) is 15.3. The molecule has 0 heterocycles. The molecule has 0 saturated heterocycles. The normalized spacial score (nSPS) is 12.6. The molecule has 0 aromatic carbocycles. The van der Waals surface area contributed by atoms with Gasteiger partial charge in [0.25, 0.3) is 0 Å². The van der Waals surface area contributed by atoms with E-state index in [4.69, 9.17) is 4.74 Å². The van der Waals surface area contributed by atoms with Crippen LogP contribution in [0.15, 0.2) is 12.2 Å². The predicted octanol–water partition coefficient (Wildman–Crippen LogP) is 20.4. The zero-order chi connectivity index (χ0) is 51.4. The van der Waals surface area contributed by atoms with Crippen molar-refractivity contribution in [2.75, 3.05) is 13.2 Å². The molecule has 2 atom stereocenters. The lowest BCUT2D eigenvalue weighted by Crippen LogP contribution is -2.45. The van der Waals surface area contributed by atoms with Crippen LogP contribution in [-0.2, 0) is 14.3 Å². The topological polar surface area (TPSA) is 95.9 Å². The van der Waals surface area contributed by atoms with Crippen LogP contribution in [0.3, 0.4) is 0 Å². The van der Waals surface area contributed by atoms with Gasteiger partial charge >= 0.3 is 5.97 Å². The predicted molar refractivity (Wildman–Crippen MR) is 310 cm³/mol. The van der Waals surface area contributed by atoms with Gasteiger partial charge in [-0.3, -0.25) is 9.59 Å². The zero-order valence-electron chi connectivity index (χ0n) is 48.2. The molecule has 0 fully saturated rings. The number of amides is 1. The summed E-state index contributed by atoms with van der Waals surface area (Å²) in [5.41, 5.74) is 0. The number of aliphatic hydroxyl groups is 2. The number of allylic oxidation sites excluding steroid dienone is 2. The van der Waals surface area contributed by atoms with Gasteiger partial charge in [-0.15, -0.1) is 0 Å². The van der Waals surface area contributed by atoms with Crippen LogP contribution >= 0.6 is 0 Å². The Balaban J connectivity index is 3.42. The first-order valence-corrected chi connectivity index (χ1v) is 32.4. The quantitative estimate of drug-likeness (QED) is 0.0320. The molecule has 422 valence electrons. The minimum absolute atomic E-state index is 0.0105. The molecule has 0 aliphatic carbocycles. The molecule has 0 rings (SSSR count). The van der Waals surface area contributed by atoms with Gasteiger partial charge in [-0.2, -0.15) is 0 Å². The number of aliphatic hydroxyl groups excluding tert-OH is 2. The van der Waals surface area contributed by atoms with Crippen molar-refractivity contribution in [3.05, 3.63) is 12.2 Å². The molecule has 0 bridgehead atoms. The highest BCUT2D eigenvalue weighted by Gasteiger charge is 2.20. The van der Waals surface area contributed by atoms with Crippen molar-refractivity contribution in [1.29, 1.82) is 0 Å². The van der Waals surface area contributed by atoms with Crippen molar-refractivity contribution >= 4 is 11.9 Å². The lowest BCUT2D eigenvalue weighted by atomic mass is 10.0. The Morgan fingerprint density at radius 2 is 0.662 bits per heavy atom. The number of hydrogen-bond donors (Lipinski definition) is 3. The summed E-state index contributed by atoms with van der Waals surface area (Å²) >= 11 is 0. The first-order chi connectivity index (χ1) is 35.0. The number of ether oxygens (including phenoxy) is 1. The zero-order valence-corrected chi connectivity index (χ0v) is 48.2. The summed E-state index contributed by atoms with van der Waals surface area (Å²) in [6.45, 7) is 4.98. The van der Waals surface area contributed by atoms with Gasteiger partial charge in [0.2, 0.25) is 5.91 Å². The number of esters is 1. The van der Waals surface area contributed by atoms with Gasteiger partial charge in [-0.05, 0) is 51.4 Å². The van der Waals surface area contributed by atoms with E-state index in [-0.39, 0.29) is 18.5 Å². The van der Waals surface area contributed by atoms with Crippen LogP contribution in [0.2, 0.25) is 0 Å². The van der Waals surface area contributed by atoms with E-state index in [1.54, 1.807) is 0 Å². The summed E-state index contributed by atoms with van der Waals surface area (Å²) in [6.07, 6.45) is 73.7. The van der Waals surface area contributed by atoms with Gasteiger partial charge in [0.05, 0.1) is 25.4 Å². The first kappa shape index (κ1) is 69.6. The summed E-state index contributed by atoms with van der Waals surface area (Å²) in [5.74, 6) is -0.0272. The van der Waals surface area contributed by atoms with Crippen molar-refractivity contribution in [3.63, 3.8) is 0 Å². The lowest BCUT2D eigenvalue weighted by Gasteiger charge is -2.22. The van der Waals surface area contributed by atoms with Crippen molar-refractivity contribution in [3.8, 4) is 0 Å². The van der Waals surface area contributed by atoms with Crippen LogP contribution < -0.4 is 5.32 Å². The number of nitrogens with one attached hydrogen (secondary N) is 1. The highest BCUT2D eigenvalue weighted by Crippen LogP contribution is 2.18. The largest absolute Gasteiger partial charge is 0.466 e. The molecule has 0 aliphatic heterocycles. The van der Waals surface area contributed by atoms with Crippen LogP contribution in [0.25, 0.3) is 0 Å². The van der Waals surface area contributed by atoms with Gasteiger partial charge in [-0.1, -0.05) is 315 Å². The molecular formula is C65H127NO5. The van der Waals surface area contributed by atoms with Crippen LogP contribution in [0, 0.1) is 0 Å². The molecule has 0 aliphatic rings. The Morgan fingerprint density at radius 1 is 0.380 bits per heavy atom. The molecule has 0 aromatic heterocycles. The van der Waals surface area contributed by atoms with E-state index in [0.29, 0.717) is 25.9 Å². The number of carbonyl (C=O) groups is 2. The van der Waals surface area contributed by atoms with E-state index >= 15 is 0 Å². The summed E-state index contributed by atoms with van der Waals surface area (Å²) in [7, 11) is 0. The molecule has 1 amide bonds. The molecule has 6 nitrogen and oxygen atoms in total. The van der Waals surface area contributed by atoms with E-state index in [2.05, 4.69) is 31.3 Å². The second-order valence-corrected chi connectivity index (χ2v) is 22.5. The highest BCUT2D eigenvalue weighted by molar-refractivity contribution is 5.76. The van der Waals surface area contributed by atoms with Crippen LogP contribution in [0.4, 0.5) is 0 Å². The van der Waals surface area contributed by atoms with E-state index in [1.165, 1.54) is 295 Å². The number of carbonyl (C=O) groups excluding carboxylic acids is 2. The molecule has 0 radical (unpaired) electrons. The van der Waals surface area contributed by atoms with Crippen molar-refractivity contribution in [2.24, 2.45) is 0 Å². The summed E-state index contributed by atoms with van der Waals surface area (Å²) in [4.78, 5) is 24.5. The van der Waals surface area contributed by atoms with E-state index in [0.717, 1.165) is 38.5 Å². The van der Waals surface area contributed by atoms with Gasteiger partial charge < -0.3 is 20.3 Å². The minimum atomic E-state index is -0.669. The highest BCUT2D eigenvalue weighted by atomic mass is 16.5. The second kappa shape index (κ2) is 61.1. The average molecular weight is 1000 g/mol. The fourth-order valence-electron chi connectivity index (χ4n) is 10.3. The standard InChI is InChI=1S/C65H127NO5/c1-3-5-7-9-11-13-15-16-17-18-19-22-25-28-31-34-38-41-45-49-53-57-63(68)62(61-67)66-64(69)58-54-50-46-42-39-35-32-29-26-23-20-21-24-27-30-33-36-40-44-48-52-56-60-71-65(70)59-55-51-47-43-37-14-12-10-8-6-4-2/h23,26,62-63,67-68H,3-22,24-25,27-61H2,1-2H3,(H,66,69)/b26-23-. The molecule has 0 aromatic rings. The Bertz CT molecular complexity index is 1060. The molecular weight excluding hydrogens is 875 g/mol. The fourth-order valence-corrected chi connectivity index (χ4v) is 10.3. The molecule has 2 unspecified atom stereocenters. The van der Waals surface area contributed by atoms with Crippen LogP contribution in [-0.4, -0.2) is 47.4 Å². The molecule has 3 N–H and O–H groups in total. The van der Waals surface area contributed by atoms with Gasteiger partial charge in [0.15, 0.2) is 0 Å². The Hall–Kier alpha value is -1.40. The van der Waals surface area contributed by atoms with Crippen LogP contribution in [0.5, 0.6) is 0 Å². The molecule has 71 heavy (non-hydrogen) atoms. The van der Waals surface area contributed by atoms with E-state index in [9.17, 15) is 19.8 Å². The number of unbranched alkanes of at least 4 members (excludes halogenated alkanes) is 48. The summed E-state index contributed by atoms with van der Waals surface area (Å²) in [5, 5.41) is 23.4. The maximum absolute atomic E-state index is 12.5. The van der Waals surface area contributed by atoms with Gasteiger partial charge in [0.1, 0.15) is 0 Å². The smallest absolute Gasteiger partial charge is 0.305 e. The minimum Gasteiger partial charge on any atom is -0.466 e. The van der Waals surface area contributed by atoms with Crippen molar-refractivity contribution in [1.82, 2.24) is 5.32 Å². The second-order valence-electron chi connectivity index (χ2n) is 22.5. The Labute approximate surface area is 444 Å². The SMILES string of the molecule is CCCCCCCCCCCCCCCCCCCCCCCC(O)C(CO)NC(=O)CCCCCCCCC/C=C\CCCCCCCCCCCCCOC(=O)CCCCCCCCCCCCC. The Morgan fingerprint density at radius 3 is 1.00 bits per heavy atom. The fraction of sp³-hybridized carbons (Fsp3) is 0.938. The average Bonchev–Trinajstić information content (AvgIpc) is 3.37. The molecule has 6 heteroatoms. The Kier molecular flexibility index (Phi) is 59.9. The van der Waals surface area contributed by atoms with Crippen molar-refractivity contribution < 1.29 is 24.5 Å². The molecule has 0 saturated carbocycles. The number of hydrogen-bond acceptors (Lipinski definition) is 5. The first-order valence-electron chi connectivity index (χ1n) is 32.4. The third-order valence-electron chi connectivity index (χ3n) is 15.3. The van der Waals surface area contributed by atoms with Gasteiger partial charge in [-0.25, -0.2) is 0 Å².